The number of halogens is 2. The van der Waals surface area contributed by atoms with Crippen LogP contribution in [0, 0.1) is 0 Å². The van der Waals surface area contributed by atoms with Gasteiger partial charge >= 0.3 is 0 Å². The van der Waals surface area contributed by atoms with Crippen LogP contribution in [0.4, 0.5) is 0 Å². The summed E-state index contributed by atoms with van der Waals surface area (Å²) in [5, 5.41) is 3.45. The summed E-state index contributed by atoms with van der Waals surface area (Å²) in [6.07, 6.45) is 1.79. The van der Waals surface area contributed by atoms with E-state index in [9.17, 15) is 13.2 Å². The van der Waals surface area contributed by atoms with E-state index in [1.54, 1.807) is 24.3 Å². The molecular weight excluding hydrogens is 423 g/mol. The lowest BCUT2D eigenvalue weighted by Crippen LogP contribution is -2.28. The third kappa shape index (κ3) is 4.97. The maximum atomic E-state index is 12.5. The number of hydrogen-bond acceptors (Lipinski definition) is 4. The third-order valence-electron chi connectivity index (χ3n) is 4.36. The van der Waals surface area contributed by atoms with E-state index in [2.05, 4.69) is 5.32 Å². The SMILES string of the molecule is O=C(NCCOc1ccc(S(=O)(=O)N2CCCC2)cc1)c1ccc(Cl)cc1Cl. The molecule has 1 aliphatic heterocycles. The Morgan fingerprint density at radius 3 is 2.39 bits per heavy atom. The molecule has 2 aromatic carbocycles. The average Bonchev–Trinajstić information content (AvgIpc) is 3.21. The van der Waals surface area contributed by atoms with Gasteiger partial charge in [0.2, 0.25) is 10.0 Å². The molecule has 1 aliphatic rings. The van der Waals surface area contributed by atoms with E-state index >= 15 is 0 Å². The molecule has 0 atom stereocenters. The van der Waals surface area contributed by atoms with E-state index in [0.29, 0.717) is 29.4 Å². The second kappa shape index (κ2) is 9.13. The van der Waals surface area contributed by atoms with Gasteiger partial charge in [-0.2, -0.15) is 4.31 Å². The van der Waals surface area contributed by atoms with E-state index in [4.69, 9.17) is 27.9 Å². The van der Waals surface area contributed by atoms with Crippen LogP contribution in [0.2, 0.25) is 10.0 Å². The van der Waals surface area contributed by atoms with Gasteiger partial charge in [-0.15, -0.1) is 0 Å². The van der Waals surface area contributed by atoms with Gasteiger partial charge in [0, 0.05) is 18.1 Å². The molecule has 0 radical (unpaired) electrons. The third-order valence-corrected chi connectivity index (χ3v) is 6.82. The number of sulfonamides is 1. The highest BCUT2D eigenvalue weighted by Crippen LogP contribution is 2.23. The zero-order valence-electron chi connectivity index (χ0n) is 15.0. The summed E-state index contributed by atoms with van der Waals surface area (Å²) in [4.78, 5) is 12.4. The number of nitrogens with one attached hydrogen (secondary N) is 1. The number of hydrogen-bond donors (Lipinski definition) is 1. The summed E-state index contributed by atoms with van der Waals surface area (Å²) in [5.41, 5.74) is 0.336. The van der Waals surface area contributed by atoms with Crippen molar-refractivity contribution < 1.29 is 17.9 Å². The van der Waals surface area contributed by atoms with Crippen molar-refractivity contribution in [2.45, 2.75) is 17.7 Å². The Kier molecular flexibility index (Phi) is 6.82. The van der Waals surface area contributed by atoms with Crippen molar-refractivity contribution in [3.63, 3.8) is 0 Å². The maximum absolute atomic E-state index is 12.5. The summed E-state index contributed by atoms with van der Waals surface area (Å²) >= 11 is 11.8. The number of benzene rings is 2. The number of ether oxygens (including phenoxy) is 1. The molecule has 1 N–H and O–H groups in total. The molecule has 6 nitrogen and oxygen atoms in total. The zero-order chi connectivity index (χ0) is 20.1. The van der Waals surface area contributed by atoms with Gasteiger partial charge in [-0.25, -0.2) is 8.42 Å². The van der Waals surface area contributed by atoms with E-state index in [-0.39, 0.29) is 29.0 Å². The van der Waals surface area contributed by atoms with Crippen LogP contribution < -0.4 is 10.1 Å². The standard InChI is InChI=1S/C19H20Cl2N2O4S/c20-14-3-8-17(18(21)13-14)19(24)22-9-12-27-15-4-6-16(7-5-15)28(25,26)23-10-1-2-11-23/h3-8,13H,1-2,9-12H2,(H,22,24). The van der Waals surface area contributed by atoms with E-state index in [1.807, 2.05) is 0 Å². The molecule has 1 amide bonds. The molecule has 0 unspecified atom stereocenters. The summed E-state index contributed by atoms with van der Waals surface area (Å²) in [5.74, 6) is 0.205. The topological polar surface area (TPSA) is 75.7 Å². The van der Waals surface area contributed by atoms with Crippen LogP contribution in [0.3, 0.4) is 0 Å². The molecule has 0 aromatic heterocycles. The molecule has 28 heavy (non-hydrogen) atoms. The molecule has 2 aromatic rings. The maximum Gasteiger partial charge on any atom is 0.252 e. The Morgan fingerprint density at radius 2 is 1.75 bits per heavy atom. The zero-order valence-corrected chi connectivity index (χ0v) is 17.4. The van der Waals surface area contributed by atoms with Crippen LogP contribution in [-0.4, -0.2) is 44.9 Å². The fourth-order valence-corrected chi connectivity index (χ4v) is 4.90. The van der Waals surface area contributed by atoms with Crippen LogP contribution in [-0.2, 0) is 10.0 Å². The highest BCUT2D eigenvalue weighted by molar-refractivity contribution is 7.89. The first-order valence-electron chi connectivity index (χ1n) is 8.84. The average molecular weight is 443 g/mol. The highest BCUT2D eigenvalue weighted by Gasteiger charge is 2.26. The minimum atomic E-state index is -3.43. The molecule has 0 saturated carbocycles. The summed E-state index contributed by atoms with van der Waals surface area (Å²) in [7, 11) is -3.43. The number of nitrogens with zero attached hydrogens (tertiary/aromatic N) is 1. The van der Waals surface area contributed by atoms with Gasteiger partial charge < -0.3 is 10.1 Å². The van der Waals surface area contributed by atoms with Crippen LogP contribution in [0.5, 0.6) is 5.75 Å². The van der Waals surface area contributed by atoms with Crippen LogP contribution >= 0.6 is 23.2 Å². The quantitative estimate of drug-likeness (QED) is 0.664. The van der Waals surface area contributed by atoms with E-state index in [1.165, 1.54) is 22.5 Å². The summed E-state index contributed by atoms with van der Waals surface area (Å²) in [6.45, 7) is 1.64. The Bertz CT molecular complexity index is 943. The van der Waals surface area contributed by atoms with Gasteiger partial charge in [-0.1, -0.05) is 23.2 Å². The minimum absolute atomic E-state index is 0.231. The second-order valence-electron chi connectivity index (χ2n) is 6.31. The van der Waals surface area contributed by atoms with Crippen molar-refractivity contribution in [2.75, 3.05) is 26.2 Å². The predicted molar refractivity (Wildman–Crippen MR) is 109 cm³/mol. The molecule has 3 rings (SSSR count). The lowest BCUT2D eigenvalue weighted by Gasteiger charge is -2.15. The fourth-order valence-electron chi connectivity index (χ4n) is 2.89. The molecule has 150 valence electrons. The van der Waals surface area contributed by atoms with Gasteiger partial charge in [0.1, 0.15) is 12.4 Å². The van der Waals surface area contributed by atoms with Gasteiger partial charge in [0.15, 0.2) is 0 Å². The van der Waals surface area contributed by atoms with Gasteiger partial charge in [0.25, 0.3) is 5.91 Å². The van der Waals surface area contributed by atoms with E-state index < -0.39 is 10.0 Å². The first-order valence-corrected chi connectivity index (χ1v) is 11.0. The van der Waals surface area contributed by atoms with Crippen LogP contribution in [0.15, 0.2) is 47.4 Å². The molecule has 9 heteroatoms. The van der Waals surface area contributed by atoms with E-state index in [0.717, 1.165) is 12.8 Å². The van der Waals surface area contributed by atoms with Crippen LogP contribution in [0.25, 0.3) is 0 Å². The van der Waals surface area contributed by atoms with Crippen molar-refractivity contribution in [3.8, 4) is 5.75 Å². The Labute approximate surface area is 174 Å². The highest BCUT2D eigenvalue weighted by atomic mass is 35.5. The molecule has 1 fully saturated rings. The summed E-state index contributed by atoms with van der Waals surface area (Å²) < 4.78 is 32.0. The first kappa shape index (κ1) is 20.9. The largest absolute Gasteiger partial charge is 0.492 e. The number of carbonyl (C=O) groups is 1. The number of amides is 1. The normalized spacial score (nSPS) is 14.8. The molecule has 0 spiro atoms. The second-order valence-corrected chi connectivity index (χ2v) is 9.09. The first-order chi connectivity index (χ1) is 13.4. The van der Waals surface area contributed by atoms with Crippen LogP contribution in [0.1, 0.15) is 23.2 Å². The lowest BCUT2D eigenvalue weighted by molar-refractivity contribution is 0.0947. The van der Waals surface area contributed by atoms with Crippen molar-refractivity contribution in [2.24, 2.45) is 0 Å². The lowest BCUT2D eigenvalue weighted by atomic mass is 10.2. The van der Waals surface area contributed by atoms with Crippen molar-refractivity contribution in [1.82, 2.24) is 9.62 Å². The molecule has 0 aliphatic carbocycles. The Morgan fingerprint density at radius 1 is 1.07 bits per heavy atom. The fraction of sp³-hybridized carbons (Fsp3) is 0.316. The smallest absolute Gasteiger partial charge is 0.252 e. The monoisotopic (exact) mass is 442 g/mol. The molecule has 1 saturated heterocycles. The summed E-state index contributed by atoms with van der Waals surface area (Å²) in [6, 6.07) is 11.0. The Hall–Kier alpha value is -1.80. The van der Waals surface area contributed by atoms with Crippen molar-refractivity contribution in [3.05, 3.63) is 58.1 Å². The molecule has 0 bridgehead atoms. The van der Waals surface area contributed by atoms with Gasteiger partial charge in [0.05, 0.1) is 22.0 Å². The van der Waals surface area contributed by atoms with Gasteiger partial charge in [-0.3, -0.25) is 4.79 Å². The Balaban J connectivity index is 1.49. The van der Waals surface area contributed by atoms with Crippen molar-refractivity contribution in [1.29, 1.82) is 0 Å². The predicted octanol–water partition coefficient (Wildman–Crippen LogP) is 3.59. The van der Waals surface area contributed by atoms with Gasteiger partial charge in [-0.05, 0) is 55.3 Å². The number of carbonyl (C=O) groups excluding carboxylic acids is 1. The molecular formula is C19H20Cl2N2O4S. The minimum Gasteiger partial charge on any atom is -0.492 e. The molecule has 1 heterocycles. The number of rotatable bonds is 7. The van der Waals surface area contributed by atoms with Crippen molar-refractivity contribution >= 4 is 39.1 Å².